The van der Waals surface area contributed by atoms with E-state index in [1.54, 1.807) is 10.9 Å². The molecule has 2 unspecified atom stereocenters. The van der Waals surface area contributed by atoms with Gasteiger partial charge in [-0.05, 0) is 44.4 Å². The Bertz CT molecular complexity index is 733. The summed E-state index contributed by atoms with van der Waals surface area (Å²) in [6.45, 7) is 7.77. The molecule has 1 aliphatic rings. The summed E-state index contributed by atoms with van der Waals surface area (Å²) in [4.78, 5) is 12.8. The molecule has 27 heavy (non-hydrogen) atoms. The fourth-order valence-corrected chi connectivity index (χ4v) is 3.11. The molecule has 2 heterocycles. The number of rotatable bonds is 6. The molecular formula is C20H29ClN4O2. The number of hydrogen-bond acceptors (Lipinski definition) is 4. The van der Waals surface area contributed by atoms with Gasteiger partial charge >= 0.3 is 0 Å². The molecule has 1 fully saturated rings. The molecule has 1 saturated heterocycles. The summed E-state index contributed by atoms with van der Waals surface area (Å²) < 4.78 is 7.58. The molecule has 1 amide bonds. The highest BCUT2D eigenvalue weighted by molar-refractivity contribution is 5.95. The van der Waals surface area contributed by atoms with Gasteiger partial charge in [-0.15, -0.1) is 12.4 Å². The molecule has 0 radical (unpaired) electrons. The number of carbonyl (C=O) groups is 1. The third kappa shape index (κ3) is 5.71. The van der Waals surface area contributed by atoms with Gasteiger partial charge in [0.15, 0.2) is 11.4 Å². The molecule has 0 spiro atoms. The van der Waals surface area contributed by atoms with Gasteiger partial charge in [0.2, 0.25) is 0 Å². The largest absolute Gasteiger partial charge is 0.489 e. The van der Waals surface area contributed by atoms with Crippen molar-refractivity contribution in [2.24, 2.45) is 5.92 Å². The van der Waals surface area contributed by atoms with E-state index in [0.717, 1.165) is 25.1 Å². The fraction of sp³-hybridized carbons (Fsp3) is 0.500. The summed E-state index contributed by atoms with van der Waals surface area (Å²) in [5.74, 6) is 0.732. The zero-order valence-corrected chi connectivity index (χ0v) is 17.0. The standard InChI is InChI=1S/C20H28N4O2.ClH/c1-14(2)13-26-18-12-24(17-7-5-4-6-8-17)23-19(18)20(25)22-16-9-10-21-15(3)11-16;/h4-8,12,14-16,21H,9-11,13H2,1-3H3,(H,22,25);1H. The lowest BCUT2D eigenvalue weighted by atomic mass is 10.0. The van der Waals surface area contributed by atoms with Crippen molar-refractivity contribution in [2.45, 2.75) is 45.7 Å². The first kappa shape index (κ1) is 21.3. The fourth-order valence-electron chi connectivity index (χ4n) is 3.11. The summed E-state index contributed by atoms with van der Waals surface area (Å²) in [7, 11) is 0. The van der Waals surface area contributed by atoms with E-state index in [4.69, 9.17) is 4.74 Å². The highest BCUT2D eigenvalue weighted by Gasteiger charge is 2.24. The third-order valence-corrected chi connectivity index (χ3v) is 4.45. The lowest BCUT2D eigenvalue weighted by molar-refractivity contribution is 0.0915. The van der Waals surface area contributed by atoms with E-state index in [1.807, 2.05) is 30.3 Å². The van der Waals surface area contributed by atoms with Crippen LogP contribution in [-0.2, 0) is 0 Å². The summed E-state index contributed by atoms with van der Waals surface area (Å²) in [5.41, 5.74) is 1.25. The van der Waals surface area contributed by atoms with E-state index in [9.17, 15) is 4.79 Å². The SMILES string of the molecule is CC(C)COc1cn(-c2ccccc2)nc1C(=O)NC1CCNC(C)C1.Cl. The van der Waals surface area contributed by atoms with Gasteiger partial charge in [0, 0.05) is 12.1 Å². The van der Waals surface area contributed by atoms with Gasteiger partial charge in [0.05, 0.1) is 18.5 Å². The van der Waals surface area contributed by atoms with Crippen molar-refractivity contribution >= 4 is 18.3 Å². The number of ether oxygens (including phenoxy) is 1. The number of nitrogens with zero attached hydrogens (tertiary/aromatic N) is 2. The maximum atomic E-state index is 12.8. The van der Waals surface area contributed by atoms with Crippen LogP contribution in [0.3, 0.4) is 0 Å². The van der Waals surface area contributed by atoms with Crippen molar-refractivity contribution in [3.05, 3.63) is 42.2 Å². The van der Waals surface area contributed by atoms with Crippen molar-refractivity contribution in [3.8, 4) is 11.4 Å². The highest BCUT2D eigenvalue weighted by Crippen LogP contribution is 2.21. The smallest absolute Gasteiger partial charge is 0.275 e. The Hall–Kier alpha value is -2.05. The van der Waals surface area contributed by atoms with Crippen molar-refractivity contribution < 1.29 is 9.53 Å². The van der Waals surface area contributed by atoms with Crippen LogP contribution in [0, 0.1) is 5.92 Å². The second kappa shape index (κ2) is 9.76. The minimum Gasteiger partial charge on any atom is -0.489 e. The lowest BCUT2D eigenvalue weighted by Crippen LogP contribution is -2.46. The second-order valence-corrected chi connectivity index (χ2v) is 7.38. The number of piperidine rings is 1. The van der Waals surface area contributed by atoms with Crippen LogP contribution in [-0.4, -0.2) is 40.9 Å². The van der Waals surface area contributed by atoms with Gasteiger partial charge in [-0.1, -0.05) is 32.0 Å². The Morgan fingerprint density at radius 1 is 1.37 bits per heavy atom. The average Bonchev–Trinajstić information content (AvgIpc) is 3.05. The van der Waals surface area contributed by atoms with Gasteiger partial charge in [0.1, 0.15) is 0 Å². The number of para-hydroxylation sites is 1. The quantitative estimate of drug-likeness (QED) is 0.792. The number of hydrogen-bond donors (Lipinski definition) is 2. The van der Waals surface area contributed by atoms with Crippen LogP contribution in [0.25, 0.3) is 5.69 Å². The summed E-state index contributed by atoms with van der Waals surface area (Å²) in [5, 5.41) is 11.0. The molecule has 2 aromatic rings. The van der Waals surface area contributed by atoms with Crippen molar-refractivity contribution in [1.82, 2.24) is 20.4 Å². The van der Waals surface area contributed by atoms with Crippen LogP contribution in [0.2, 0.25) is 0 Å². The maximum Gasteiger partial charge on any atom is 0.275 e. The maximum absolute atomic E-state index is 12.8. The van der Waals surface area contributed by atoms with Gasteiger partial charge in [-0.3, -0.25) is 4.79 Å². The molecule has 7 heteroatoms. The van der Waals surface area contributed by atoms with Crippen LogP contribution in [0.1, 0.15) is 44.1 Å². The lowest BCUT2D eigenvalue weighted by Gasteiger charge is -2.28. The Labute approximate surface area is 167 Å². The van der Waals surface area contributed by atoms with E-state index in [2.05, 4.69) is 36.5 Å². The number of aromatic nitrogens is 2. The van der Waals surface area contributed by atoms with Gasteiger partial charge in [0.25, 0.3) is 5.91 Å². The molecule has 2 N–H and O–H groups in total. The first-order chi connectivity index (χ1) is 12.5. The Morgan fingerprint density at radius 2 is 2.11 bits per heavy atom. The number of halogens is 1. The van der Waals surface area contributed by atoms with Crippen LogP contribution in [0.4, 0.5) is 0 Å². The number of carbonyl (C=O) groups excluding carboxylic acids is 1. The molecule has 0 aliphatic carbocycles. The second-order valence-electron chi connectivity index (χ2n) is 7.38. The molecule has 148 valence electrons. The van der Waals surface area contributed by atoms with E-state index in [-0.39, 0.29) is 24.4 Å². The molecule has 2 atom stereocenters. The van der Waals surface area contributed by atoms with Crippen molar-refractivity contribution in [2.75, 3.05) is 13.2 Å². The highest BCUT2D eigenvalue weighted by atomic mass is 35.5. The minimum absolute atomic E-state index is 0. The van der Waals surface area contributed by atoms with Crippen LogP contribution >= 0.6 is 12.4 Å². The van der Waals surface area contributed by atoms with E-state index >= 15 is 0 Å². The topological polar surface area (TPSA) is 68.2 Å². The molecule has 6 nitrogen and oxygen atoms in total. The van der Waals surface area contributed by atoms with E-state index in [1.165, 1.54) is 0 Å². The van der Waals surface area contributed by atoms with Crippen LogP contribution in [0.15, 0.2) is 36.5 Å². The third-order valence-electron chi connectivity index (χ3n) is 4.45. The monoisotopic (exact) mass is 392 g/mol. The first-order valence-electron chi connectivity index (χ1n) is 9.35. The Kier molecular flexibility index (Phi) is 7.68. The average molecular weight is 393 g/mol. The Balaban J connectivity index is 0.00000261. The van der Waals surface area contributed by atoms with Crippen LogP contribution < -0.4 is 15.4 Å². The molecular weight excluding hydrogens is 364 g/mol. The number of amides is 1. The summed E-state index contributed by atoms with van der Waals surface area (Å²) in [6, 6.07) is 10.3. The van der Waals surface area contributed by atoms with Gasteiger partial charge in [-0.2, -0.15) is 5.10 Å². The van der Waals surface area contributed by atoms with E-state index in [0.29, 0.717) is 30.0 Å². The zero-order valence-electron chi connectivity index (χ0n) is 16.1. The predicted octanol–water partition coefficient (Wildman–Crippen LogP) is 3.20. The van der Waals surface area contributed by atoms with Crippen molar-refractivity contribution in [3.63, 3.8) is 0 Å². The zero-order chi connectivity index (χ0) is 18.5. The van der Waals surface area contributed by atoms with E-state index < -0.39 is 0 Å². The molecule has 1 aromatic heterocycles. The molecule has 0 bridgehead atoms. The van der Waals surface area contributed by atoms with Gasteiger partial charge in [-0.25, -0.2) is 4.68 Å². The van der Waals surface area contributed by atoms with Crippen LogP contribution in [0.5, 0.6) is 5.75 Å². The van der Waals surface area contributed by atoms with Gasteiger partial charge < -0.3 is 15.4 Å². The summed E-state index contributed by atoms with van der Waals surface area (Å²) >= 11 is 0. The minimum atomic E-state index is -0.169. The molecule has 3 rings (SSSR count). The first-order valence-corrected chi connectivity index (χ1v) is 9.35. The molecule has 1 aliphatic heterocycles. The number of nitrogens with one attached hydrogen (secondary N) is 2. The molecule has 1 aromatic carbocycles. The Morgan fingerprint density at radius 3 is 2.78 bits per heavy atom. The summed E-state index contributed by atoms with van der Waals surface area (Å²) in [6.07, 6.45) is 3.64. The normalized spacial score (nSPS) is 19.4. The van der Waals surface area contributed by atoms with Crippen molar-refractivity contribution in [1.29, 1.82) is 0 Å². The number of benzene rings is 1. The predicted molar refractivity (Wildman–Crippen MR) is 109 cm³/mol. The molecule has 0 saturated carbocycles.